The van der Waals surface area contributed by atoms with E-state index in [9.17, 15) is 4.79 Å². The number of carbonyl (C=O) groups excluding carboxylic acids is 1. The van der Waals surface area contributed by atoms with Crippen molar-refractivity contribution < 1.29 is 18.7 Å². The molecule has 0 aliphatic rings. The Hall–Kier alpha value is -4.07. The van der Waals surface area contributed by atoms with Crippen LogP contribution in [-0.2, 0) is 4.79 Å². The molecule has 30 heavy (non-hydrogen) atoms. The molecule has 0 fully saturated rings. The molecule has 8 nitrogen and oxygen atoms in total. The molecule has 0 bridgehead atoms. The number of anilines is 1. The maximum atomic E-state index is 12.8. The summed E-state index contributed by atoms with van der Waals surface area (Å²) in [4.78, 5) is 12.8. The van der Waals surface area contributed by atoms with Crippen LogP contribution in [0.2, 0.25) is 0 Å². The topological polar surface area (TPSA) is 90.9 Å². The van der Waals surface area contributed by atoms with Crippen molar-refractivity contribution in [3.63, 3.8) is 0 Å². The molecule has 0 unspecified atom stereocenters. The number of ether oxygens (including phenoxy) is 2. The molecule has 1 amide bonds. The van der Waals surface area contributed by atoms with Crippen LogP contribution in [-0.4, -0.2) is 33.7 Å². The number of hydrogen-bond donors (Lipinski definition) is 1. The van der Waals surface area contributed by atoms with Crippen LogP contribution >= 0.6 is 0 Å². The lowest BCUT2D eigenvalue weighted by Crippen LogP contribution is -2.30. The van der Waals surface area contributed by atoms with Crippen molar-refractivity contribution in [2.24, 2.45) is 0 Å². The molecular weight excluding hydrogens is 384 g/mol. The van der Waals surface area contributed by atoms with Gasteiger partial charge in [0.05, 0.1) is 12.8 Å². The van der Waals surface area contributed by atoms with Gasteiger partial charge in [0.15, 0.2) is 11.8 Å². The Morgan fingerprint density at radius 2 is 1.90 bits per heavy atom. The number of aromatic nitrogens is 3. The van der Waals surface area contributed by atoms with Crippen LogP contribution in [0.4, 0.5) is 5.69 Å². The monoisotopic (exact) mass is 402 g/mol. The highest BCUT2D eigenvalue weighted by atomic mass is 16.5. The van der Waals surface area contributed by atoms with E-state index in [-0.39, 0.29) is 11.9 Å². The number of benzene rings is 2. The molecule has 5 rings (SSSR count). The van der Waals surface area contributed by atoms with E-state index in [1.54, 1.807) is 36.8 Å². The SMILES string of the molecule is COc1cc2c(cc1NC(=O)[C@@H](C)Oc1nnc3ccccn13)oc1ccccc12. The molecule has 0 radical (unpaired) electrons. The highest BCUT2D eigenvalue weighted by Crippen LogP contribution is 2.36. The Kier molecular flexibility index (Phi) is 4.24. The number of nitrogens with zero attached hydrogens (tertiary/aromatic N) is 3. The van der Waals surface area contributed by atoms with Crippen molar-refractivity contribution in [3.8, 4) is 11.8 Å². The van der Waals surface area contributed by atoms with Crippen molar-refractivity contribution in [2.75, 3.05) is 12.4 Å². The third kappa shape index (κ3) is 2.98. The highest BCUT2D eigenvalue weighted by molar-refractivity contribution is 6.08. The Bertz CT molecular complexity index is 1390. The number of hydrogen-bond acceptors (Lipinski definition) is 6. The van der Waals surface area contributed by atoms with E-state index in [0.717, 1.165) is 16.4 Å². The summed E-state index contributed by atoms with van der Waals surface area (Å²) in [5, 5.41) is 12.8. The maximum Gasteiger partial charge on any atom is 0.322 e. The van der Waals surface area contributed by atoms with Gasteiger partial charge in [-0.2, -0.15) is 0 Å². The first-order chi connectivity index (χ1) is 14.6. The second-order valence-electron chi connectivity index (χ2n) is 6.81. The van der Waals surface area contributed by atoms with Crippen molar-refractivity contribution in [1.82, 2.24) is 14.6 Å². The molecule has 150 valence electrons. The van der Waals surface area contributed by atoms with E-state index in [1.807, 2.05) is 42.5 Å². The molecule has 3 heterocycles. The number of fused-ring (bicyclic) bond motifs is 4. The average molecular weight is 402 g/mol. The molecule has 1 atom stereocenters. The quantitative estimate of drug-likeness (QED) is 0.477. The smallest absolute Gasteiger partial charge is 0.322 e. The standard InChI is InChI=1S/C22H18N4O4/c1-13(29-22-25-24-20-9-5-6-10-26(20)22)21(27)23-16-12-18-15(11-19(16)28-2)14-7-3-4-8-17(14)30-18/h3-13H,1-2H3,(H,23,27)/t13-/m1/s1. The number of rotatable bonds is 5. The zero-order chi connectivity index (χ0) is 20.7. The molecule has 0 aliphatic carbocycles. The normalized spacial score (nSPS) is 12.3. The maximum absolute atomic E-state index is 12.8. The summed E-state index contributed by atoms with van der Waals surface area (Å²) in [6.45, 7) is 1.64. The van der Waals surface area contributed by atoms with Crippen molar-refractivity contribution in [3.05, 3.63) is 60.8 Å². The molecule has 0 aliphatic heterocycles. The minimum Gasteiger partial charge on any atom is -0.495 e. The van der Waals surface area contributed by atoms with Crippen LogP contribution < -0.4 is 14.8 Å². The third-order valence-electron chi connectivity index (χ3n) is 4.89. The molecule has 0 spiro atoms. The van der Waals surface area contributed by atoms with Gasteiger partial charge in [0.2, 0.25) is 0 Å². The fourth-order valence-corrected chi connectivity index (χ4v) is 3.36. The Labute approximate surface area is 171 Å². The van der Waals surface area contributed by atoms with Gasteiger partial charge in [0.1, 0.15) is 16.9 Å². The molecule has 1 N–H and O–H groups in total. The van der Waals surface area contributed by atoms with Gasteiger partial charge in [-0.3, -0.25) is 9.20 Å². The molecule has 5 aromatic rings. The van der Waals surface area contributed by atoms with E-state index in [2.05, 4.69) is 15.5 Å². The Morgan fingerprint density at radius 3 is 2.77 bits per heavy atom. The number of carbonyl (C=O) groups is 1. The van der Waals surface area contributed by atoms with E-state index in [1.165, 1.54) is 0 Å². The van der Waals surface area contributed by atoms with Gasteiger partial charge in [-0.15, -0.1) is 5.10 Å². The van der Waals surface area contributed by atoms with Gasteiger partial charge in [0.25, 0.3) is 5.91 Å². The van der Waals surface area contributed by atoms with Gasteiger partial charge >= 0.3 is 6.01 Å². The second-order valence-corrected chi connectivity index (χ2v) is 6.81. The van der Waals surface area contributed by atoms with Crippen molar-refractivity contribution in [1.29, 1.82) is 0 Å². The van der Waals surface area contributed by atoms with Gasteiger partial charge in [-0.05, 0) is 31.2 Å². The van der Waals surface area contributed by atoms with Gasteiger partial charge in [-0.25, -0.2) is 0 Å². The molecule has 0 saturated heterocycles. The number of amides is 1. The molecular formula is C22H18N4O4. The number of nitrogens with one attached hydrogen (secondary N) is 1. The van der Waals surface area contributed by atoms with Crippen LogP contribution in [0.25, 0.3) is 27.6 Å². The van der Waals surface area contributed by atoms with Crippen LogP contribution in [0.15, 0.2) is 65.2 Å². The Morgan fingerprint density at radius 1 is 1.07 bits per heavy atom. The predicted octanol–water partition coefficient (Wildman–Crippen LogP) is 4.04. The summed E-state index contributed by atoms with van der Waals surface area (Å²) in [7, 11) is 1.56. The van der Waals surface area contributed by atoms with Gasteiger partial charge < -0.3 is 19.2 Å². The largest absolute Gasteiger partial charge is 0.495 e. The second kappa shape index (κ2) is 7.07. The minimum absolute atomic E-state index is 0.243. The van der Waals surface area contributed by atoms with Crippen molar-refractivity contribution >= 4 is 39.2 Å². The van der Waals surface area contributed by atoms with Gasteiger partial charge in [-0.1, -0.05) is 29.4 Å². The predicted molar refractivity (Wildman–Crippen MR) is 112 cm³/mol. The minimum atomic E-state index is -0.811. The lowest BCUT2D eigenvalue weighted by atomic mass is 10.1. The molecule has 2 aromatic carbocycles. The van der Waals surface area contributed by atoms with E-state index in [4.69, 9.17) is 13.9 Å². The molecule has 3 aromatic heterocycles. The van der Waals surface area contributed by atoms with Crippen LogP contribution in [0, 0.1) is 0 Å². The fraction of sp³-hybridized carbons (Fsp3) is 0.136. The number of methoxy groups -OCH3 is 1. The van der Waals surface area contributed by atoms with Gasteiger partial charge in [0, 0.05) is 23.0 Å². The Balaban J connectivity index is 1.42. The molecule has 8 heteroatoms. The number of pyridine rings is 1. The average Bonchev–Trinajstić information content (AvgIpc) is 3.34. The zero-order valence-electron chi connectivity index (χ0n) is 16.3. The van der Waals surface area contributed by atoms with Crippen molar-refractivity contribution in [2.45, 2.75) is 13.0 Å². The van der Waals surface area contributed by atoms with Crippen LogP contribution in [0.1, 0.15) is 6.92 Å². The summed E-state index contributed by atoms with van der Waals surface area (Å²) in [6, 6.07) is 17.1. The molecule has 0 saturated carbocycles. The van der Waals surface area contributed by atoms with E-state index in [0.29, 0.717) is 22.7 Å². The summed E-state index contributed by atoms with van der Waals surface area (Å²) in [5.41, 5.74) is 2.56. The summed E-state index contributed by atoms with van der Waals surface area (Å²) >= 11 is 0. The fourth-order valence-electron chi connectivity index (χ4n) is 3.36. The van der Waals surface area contributed by atoms with Crippen LogP contribution in [0.3, 0.4) is 0 Å². The number of furan rings is 1. The first-order valence-corrected chi connectivity index (χ1v) is 9.40. The highest BCUT2D eigenvalue weighted by Gasteiger charge is 2.20. The van der Waals surface area contributed by atoms with E-state index < -0.39 is 6.10 Å². The summed E-state index contributed by atoms with van der Waals surface area (Å²) < 4.78 is 18.8. The third-order valence-corrected chi connectivity index (χ3v) is 4.89. The van der Waals surface area contributed by atoms with Crippen LogP contribution in [0.5, 0.6) is 11.8 Å². The van der Waals surface area contributed by atoms with E-state index >= 15 is 0 Å². The summed E-state index contributed by atoms with van der Waals surface area (Å²) in [6.07, 6.45) is 0.960. The first kappa shape index (κ1) is 18.0. The number of para-hydroxylation sites is 1. The lowest BCUT2D eigenvalue weighted by Gasteiger charge is -2.15. The zero-order valence-corrected chi connectivity index (χ0v) is 16.3. The lowest BCUT2D eigenvalue weighted by molar-refractivity contribution is -0.122. The summed E-state index contributed by atoms with van der Waals surface area (Å²) in [5.74, 6) is 0.180. The first-order valence-electron chi connectivity index (χ1n) is 9.40.